The molecule has 1 aromatic carbocycles. The van der Waals surface area contributed by atoms with E-state index in [0.717, 1.165) is 37.5 Å². The maximum absolute atomic E-state index is 14.2. The zero-order valence-electron chi connectivity index (χ0n) is 30.0. The molecular formula is C37H52N6O6S. The van der Waals surface area contributed by atoms with Crippen molar-refractivity contribution in [1.29, 1.82) is 5.26 Å². The van der Waals surface area contributed by atoms with Crippen LogP contribution in [0.2, 0.25) is 0 Å². The largest absolute Gasteiger partial charge is 0.390 e. The summed E-state index contributed by atoms with van der Waals surface area (Å²) >= 11 is 0. The summed E-state index contributed by atoms with van der Waals surface area (Å²) in [6.45, 7) is 9.28. The Labute approximate surface area is 296 Å². The van der Waals surface area contributed by atoms with Crippen LogP contribution in [0.1, 0.15) is 88.3 Å². The number of hydrogen-bond donors (Lipinski definition) is 4. The van der Waals surface area contributed by atoms with Gasteiger partial charge in [-0.2, -0.15) is 5.26 Å². The van der Waals surface area contributed by atoms with Gasteiger partial charge in [-0.05, 0) is 83.4 Å². The van der Waals surface area contributed by atoms with Gasteiger partial charge < -0.3 is 21.1 Å². The van der Waals surface area contributed by atoms with Crippen LogP contribution in [0.5, 0.6) is 0 Å². The topological polar surface area (TPSA) is 182 Å². The van der Waals surface area contributed by atoms with Crippen molar-refractivity contribution in [2.75, 3.05) is 19.3 Å². The van der Waals surface area contributed by atoms with Crippen molar-refractivity contribution in [2.24, 2.45) is 11.8 Å². The zero-order chi connectivity index (χ0) is 36.9. The number of nitrogens with zero attached hydrogens (tertiary/aromatic N) is 3. The Balaban J connectivity index is 1.63. The van der Waals surface area contributed by atoms with Gasteiger partial charge in [-0.1, -0.05) is 49.6 Å². The molecule has 13 heteroatoms. The fourth-order valence-electron chi connectivity index (χ4n) is 6.99. The van der Waals surface area contributed by atoms with E-state index in [2.05, 4.69) is 20.9 Å². The lowest BCUT2D eigenvalue weighted by Crippen LogP contribution is -2.64. The van der Waals surface area contributed by atoms with Crippen LogP contribution in [0, 0.1) is 23.2 Å². The standard InChI is InChI=1S/C37H52N6O6S/c1-36(2,3)42-34(46)30-19-25-14-10-11-15-27(25)22-43(30)23-31(44)29(18-24-12-8-7-9-13-24)40-35(47)32(37(4,5)50(6,48)49)41-33(45)26-16-17-28(20-38)39-21-26/h7-9,12-13,16-17,21,25,27,29-32,44H,10-11,14-15,18-19,22-23H2,1-6H3,(H,40,47)(H,41,45)(H,42,46)/t25-,27+,29?,30?,31?,32+/m0/s1. The van der Waals surface area contributed by atoms with E-state index in [0.29, 0.717) is 24.8 Å². The van der Waals surface area contributed by atoms with Gasteiger partial charge in [0.25, 0.3) is 5.91 Å². The number of piperidine rings is 1. The molecule has 272 valence electrons. The highest BCUT2D eigenvalue weighted by atomic mass is 32.2. The number of hydrogen-bond acceptors (Lipinski definition) is 9. The van der Waals surface area contributed by atoms with Crippen molar-refractivity contribution in [1.82, 2.24) is 25.8 Å². The number of carbonyl (C=O) groups is 3. The number of amides is 3. The zero-order valence-corrected chi connectivity index (χ0v) is 30.8. The fraction of sp³-hybridized carbons (Fsp3) is 0.595. The first-order chi connectivity index (χ1) is 23.4. The number of aliphatic hydroxyl groups is 1. The maximum atomic E-state index is 14.2. The third kappa shape index (κ3) is 9.89. The third-order valence-corrected chi connectivity index (χ3v) is 12.3. The number of fused-ring (bicyclic) bond motifs is 1. The minimum Gasteiger partial charge on any atom is -0.390 e. The first-order valence-corrected chi connectivity index (χ1v) is 19.2. The molecule has 0 bridgehead atoms. The lowest BCUT2D eigenvalue weighted by molar-refractivity contribution is -0.133. The van der Waals surface area contributed by atoms with E-state index < -0.39 is 56.2 Å². The molecule has 4 N–H and O–H groups in total. The van der Waals surface area contributed by atoms with Crippen LogP contribution in [0.15, 0.2) is 48.7 Å². The molecule has 1 saturated carbocycles. The van der Waals surface area contributed by atoms with Gasteiger partial charge in [-0.25, -0.2) is 13.4 Å². The van der Waals surface area contributed by atoms with Crippen LogP contribution in [-0.2, 0) is 25.8 Å². The van der Waals surface area contributed by atoms with E-state index in [-0.39, 0.29) is 30.1 Å². The van der Waals surface area contributed by atoms with Gasteiger partial charge in [-0.15, -0.1) is 0 Å². The summed E-state index contributed by atoms with van der Waals surface area (Å²) in [4.78, 5) is 47.1. The molecular weight excluding hydrogens is 657 g/mol. The average molecular weight is 709 g/mol. The molecule has 1 aromatic heterocycles. The summed E-state index contributed by atoms with van der Waals surface area (Å²) < 4.78 is 24.3. The lowest BCUT2D eigenvalue weighted by atomic mass is 9.72. The number of nitriles is 1. The molecule has 6 atom stereocenters. The summed E-state index contributed by atoms with van der Waals surface area (Å²) in [6, 6.07) is 11.0. The van der Waals surface area contributed by atoms with E-state index in [1.54, 1.807) is 0 Å². The molecule has 2 aliphatic rings. The number of β-amino-alcohol motifs (C(OH)–C–C–N with tert-alkyl or cyclic N) is 1. The van der Waals surface area contributed by atoms with Crippen LogP contribution in [0.3, 0.4) is 0 Å². The molecule has 1 saturated heterocycles. The van der Waals surface area contributed by atoms with E-state index in [4.69, 9.17) is 5.26 Å². The Hall–Kier alpha value is -3.86. The van der Waals surface area contributed by atoms with Crippen molar-refractivity contribution in [3.63, 3.8) is 0 Å². The summed E-state index contributed by atoms with van der Waals surface area (Å²) in [6.07, 6.45) is 6.35. The van der Waals surface area contributed by atoms with E-state index in [9.17, 15) is 27.9 Å². The number of benzene rings is 1. The Morgan fingerprint density at radius 3 is 2.26 bits per heavy atom. The third-order valence-electron chi connectivity index (χ3n) is 10.1. The SMILES string of the molecule is CC(C)(C)NC(=O)C1C[C@@H]2CCCC[C@@H]2CN1CC(O)C(Cc1ccccc1)NC(=O)[C@@H](NC(=O)c1ccc(C#N)nc1)C(C)(C)S(C)(=O)=O. The van der Waals surface area contributed by atoms with Crippen LogP contribution in [0.4, 0.5) is 0 Å². The van der Waals surface area contributed by atoms with Crippen LogP contribution < -0.4 is 16.0 Å². The summed E-state index contributed by atoms with van der Waals surface area (Å²) in [5.74, 6) is -0.789. The fourth-order valence-corrected chi connectivity index (χ4v) is 7.58. The van der Waals surface area contributed by atoms with Gasteiger partial charge >= 0.3 is 0 Å². The lowest BCUT2D eigenvalue weighted by Gasteiger charge is -2.47. The quantitative estimate of drug-likeness (QED) is 0.258. The Kier molecular flexibility index (Phi) is 12.5. The van der Waals surface area contributed by atoms with Crippen molar-refractivity contribution in [2.45, 2.75) is 108 Å². The highest BCUT2D eigenvalue weighted by molar-refractivity contribution is 7.92. The van der Waals surface area contributed by atoms with Gasteiger partial charge in [0.05, 0.1) is 28.5 Å². The molecule has 2 fully saturated rings. The number of rotatable bonds is 12. The number of likely N-dealkylation sites (tertiary alicyclic amines) is 1. The molecule has 0 spiro atoms. The monoisotopic (exact) mass is 708 g/mol. The molecule has 4 rings (SSSR count). The number of nitrogens with one attached hydrogen (secondary N) is 3. The minimum absolute atomic E-state index is 0.0395. The summed E-state index contributed by atoms with van der Waals surface area (Å²) in [7, 11) is -3.92. The van der Waals surface area contributed by atoms with E-state index >= 15 is 0 Å². The van der Waals surface area contributed by atoms with Crippen molar-refractivity contribution < 1.29 is 27.9 Å². The van der Waals surface area contributed by atoms with Gasteiger partial charge in [-0.3, -0.25) is 19.3 Å². The van der Waals surface area contributed by atoms with Crippen molar-refractivity contribution in [3.8, 4) is 6.07 Å². The Bertz CT molecular complexity index is 1650. The molecule has 1 aliphatic carbocycles. The molecule has 2 heterocycles. The minimum atomic E-state index is -3.92. The Morgan fingerprint density at radius 2 is 1.68 bits per heavy atom. The molecule has 0 radical (unpaired) electrons. The number of pyridine rings is 1. The highest BCUT2D eigenvalue weighted by Crippen LogP contribution is 2.39. The molecule has 1 aliphatic heterocycles. The molecule has 3 unspecified atom stereocenters. The van der Waals surface area contributed by atoms with Crippen molar-refractivity contribution >= 4 is 27.6 Å². The molecule has 2 aromatic rings. The molecule has 3 amide bonds. The normalized spacial score (nSPS) is 21.8. The Morgan fingerprint density at radius 1 is 1.02 bits per heavy atom. The average Bonchev–Trinajstić information content (AvgIpc) is 3.05. The second kappa shape index (κ2) is 16.0. The smallest absolute Gasteiger partial charge is 0.253 e. The van der Waals surface area contributed by atoms with Crippen molar-refractivity contribution in [3.05, 3.63) is 65.5 Å². The maximum Gasteiger partial charge on any atom is 0.253 e. The number of sulfone groups is 1. The van der Waals surface area contributed by atoms with Gasteiger partial charge in [0.2, 0.25) is 11.8 Å². The van der Waals surface area contributed by atoms with Crippen LogP contribution in [0.25, 0.3) is 0 Å². The van der Waals surface area contributed by atoms with Gasteiger partial charge in [0.1, 0.15) is 17.8 Å². The highest BCUT2D eigenvalue weighted by Gasteiger charge is 2.46. The molecule has 12 nitrogen and oxygen atoms in total. The molecule has 50 heavy (non-hydrogen) atoms. The first kappa shape index (κ1) is 38.9. The van der Waals surface area contributed by atoms with Gasteiger partial charge in [0.15, 0.2) is 9.84 Å². The van der Waals surface area contributed by atoms with Gasteiger partial charge in [0, 0.05) is 31.1 Å². The number of carbonyl (C=O) groups excluding carboxylic acids is 3. The van der Waals surface area contributed by atoms with E-state index in [1.165, 1.54) is 32.2 Å². The van der Waals surface area contributed by atoms with E-state index in [1.807, 2.05) is 62.1 Å². The second-order valence-electron chi connectivity index (χ2n) is 15.4. The first-order valence-electron chi connectivity index (χ1n) is 17.3. The number of aliphatic hydroxyl groups excluding tert-OH is 1. The van der Waals surface area contributed by atoms with Crippen LogP contribution in [-0.4, -0.2) is 95.0 Å². The predicted octanol–water partition coefficient (Wildman–Crippen LogP) is 2.76. The van der Waals surface area contributed by atoms with Crippen LogP contribution >= 0.6 is 0 Å². The number of aromatic nitrogens is 1. The second-order valence-corrected chi connectivity index (χ2v) is 18.0. The predicted molar refractivity (Wildman–Crippen MR) is 191 cm³/mol. The summed E-state index contributed by atoms with van der Waals surface area (Å²) in [5.41, 5.74) is 0.527. The summed E-state index contributed by atoms with van der Waals surface area (Å²) in [5, 5.41) is 29.6.